The summed E-state index contributed by atoms with van der Waals surface area (Å²) in [5.41, 5.74) is 1.54. The smallest absolute Gasteiger partial charge is 0.354 e. The third-order valence-electron chi connectivity index (χ3n) is 2.59. The van der Waals surface area contributed by atoms with Crippen LogP contribution in [0.5, 0.6) is 0 Å². The summed E-state index contributed by atoms with van der Waals surface area (Å²) in [5, 5.41) is 8.96. The van der Waals surface area contributed by atoms with E-state index in [9.17, 15) is 9.18 Å². The molecule has 5 heteroatoms. The predicted octanol–water partition coefficient (Wildman–Crippen LogP) is 2.10. The lowest BCUT2D eigenvalue weighted by atomic mass is 10.0. The molecule has 0 unspecified atom stereocenters. The first-order valence-electron chi connectivity index (χ1n) is 5.43. The first kappa shape index (κ1) is 12.2. The number of nitrogens with zero attached hydrogens (tertiary/aromatic N) is 2. The molecule has 4 nitrogen and oxygen atoms in total. The van der Waals surface area contributed by atoms with Gasteiger partial charge in [-0.3, -0.25) is 0 Å². The van der Waals surface area contributed by atoms with Gasteiger partial charge in [-0.1, -0.05) is 12.1 Å². The molecule has 0 aliphatic carbocycles. The SMILES string of the molecule is O=C(O)c1ncncc1CCc1ccc(F)cc1. The second-order valence-corrected chi connectivity index (χ2v) is 3.83. The molecule has 92 valence electrons. The van der Waals surface area contributed by atoms with Crippen molar-refractivity contribution in [2.24, 2.45) is 0 Å². The number of carboxylic acid groups (broad SMARTS) is 1. The van der Waals surface area contributed by atoms with E-state index in [1.54, 1.807) is 12.1 Å². The van der Waals surface area contributed by atoms with Gasteiger partial charge in [0.2, 0.25) is 0 Å². The van der Waals surface area contributed by atoms with Crippen molar-refractivity contribution in [1.82, 2.24) is 9.97 Å². The van der Waals surface area contributed by atoms with Gasteiger partial charge in [-0.2, -0.15) is 0 Å². The Morgan fingerprint density at radius 3 is 2.61 bits per heavy atom. The highest BCUT2D eigenvalue weighted by atomic mass is 19.1. The van der Waals surface area contributed by atoms with E-state index in [1.807, 2.05) is 0 Å². The van der Waals surface area contributed by atoms with Gasteiger partial charge in [-0.25, -0.2) is 19.2 Å². The highest BCUT2D eigenvalue weighted by Gasteiger charge is 2.11. The zero-order valence-corrected chi connectivity index (χ0v) is 9.51. The fraction of sp³-hybridized carbons (Fsp3) is 0.154. The summed E-state index contributed by atoms with van der Waals surface area (Å²) in [6, 6.07) is 6.13. The largest absolute Gasteiger partial charge is 0.477 e. The molecule has 1 heterocycles. The fourth-order valence-corrected chi connectivity index (χ4v) is 1.66. The average Bonchev–Trinajstić information content (AvgIpc) is 2.38. The Balaban J connectivity index is 2.10. The number of carbonyl (C=O) groups is 1. The van der Waals surface area contributed by atoms with E-state index in [1.165, 1.54) is 24.7 Å². The highest BCUT2D eigenvalue weighted by Crippen LogP contribution is 2.10. The Labute approximate surface area is 103 Å². The summed E-state index contributed by atoms with van der Waals surface area (Å²) in [6.07, 6.45) is 3.84. The van der Waals surface area contributed by atoms with Gasteiger partial charge >= 0.3 is 5.97 Å². The first-order chi connectivity index (χ1) is 8.66. The zero-order chi connectivity index (χ0) is 13.0. The van der Waals surface area contributed by atoms with Crippen LogP contribution < -0.4 is 0 Å². The quantitative estimate of drug-likeness (QED) is 0.897. The second-order valence-electron chi connectivity index (χ2n) is 3.83. The van der Waals surface area contributed by atoms with E-state index < -0.39 is 5.97 Å². The summed E-state index contributed by atoms with van der Waals surface area (Å²) in [5.74, 6) is -1.35. The van der Waals surface area contributed by atoms with Crippen molar-refractivity contribution in [1.29, 1.82) is 0 Å². The van der Waals surface area contributed by atoms with Gasteiger partial charge in [-0.05, 0) is 30.5 Å². The molecule has 0 bridgehead atoms. The van der Waals surface area contributed by atoms with Gasteiger partial charge in [0.25, 0.3) is 0 Å². The fourth-order valence-electron chi connectivity index (χ4n) is 1.66. The number of aromatic nitrogens is 2. The summed E-state index contributed by atoms with van der Waals surface area (Å²) < 4.78 is 12.7. The van der Waals surface area contributed by atoms with Crippen molar-refractivity contribution in [3.05, 3.63) is 59.4 Å². The van der Waals surface area contributed by atoms with Crippen molar-refractivity contribution >= 4 is 5.97 Å². The number of benzene rings is 1. The third-order valence-corrected chi connectivity index (χ3v) is 2.59. The number of carboxylic acids is 1. The molecule has 0 saturated carbocycles. The molecular weight excluding hydrogens is 235 g/mol. The molecule has 18 heavy (non-hydrogen) atoms. The summed E-state index contributed by atoms with van der Waals surface area (Å²) in [7, 11) is 0. The Bertz CT molecular complexity index is 555. The lowest BCUT2D eigenvalue weighted by molar-refractivity contribution is 0.0689. The van der Waals surface area contributed by atoms with Gasteiger partial charge in [-0.15, -0.1) is 0 Å². The first-order valence-corrected chi connectivity index (χ1v) is 5.43. The van der Waals surface area contributed by atoms with Crippen molar-refractivity contribution in [2.75, 3.05) is 0 Å². The molecule has 0 amide bonds. The lowest BCUT2D eigenvalue weighted by Crippen LogP contribution is -2.07. The normalized spacial score (nSPS) is 10.3. The van der Waals surface area contributed by atoms with Crippen LogP contribution in [-0.2, 0) is 12.8 Å². The van der Waals surface area contributed by atoms with E-state index >= 15 is 0 Å². The van der Waals surface area contributed by atoms with Crippen LogP contribution >= 0.6 is 0 Å². The van der Waals surface area contributed by atoms with Gasteiger partial charge in [0.15, 0.2) is 5.69 Å². The minimum atomic E-state index is -1.06. The van der Waals surface area contributed by atoms with Crippen LogP contribution in [0.3, 0.4) is 0 Å². The zero-order valence-electron chi connectivity index (χ0n) is 9.51. The highest BCUT2D eigenvalue weighted by molar-refractivity contribution is 5.86. The van der Waals surface area contributed by atoms with Gasteiger partial charge in [0.1, 0.15) is 12.1 Å². The van der Waals surface area contributed by atoms with Gasteiger partial charge < -0.3 is 5.11 Å². The van der Waals surface area contributed by atoms with Crippen LogP contribution in [0.15, 0.2) is 36.8 Å². The second kappa shape index (κ2) is 5.35. The minimum Gasteiger partial charge on any atom is -0.477 e. The van der Waals surface area contributed by atoms with Crippen molar-refractivity contribution in [2.45, 2.75) is 12.8 Å². The topological polar surface area (TPSA) is 63.1 Å². The number of hydrogen-bond acceptors (Lipinski definition) is 3. The molecule has 0 atom stereocenters. The van der Waals surface area contributed by atoms with Gasteiger partial charge in [0.05, 0.1) is 0 Å². The number of aromatic carboxylic acids is 1. The van der Waals surface area contributed by atoms with Crippen LogP contribution in [0, 0.1) is 5.82 Å². The summed E-state index contributed by atoms with van der Waals surface area (Å²) >= 11 is 0. The Hall–Kier alpha value is -2.30. The van der Waals surface area contributed by atoms with E-state index in [2.05, 4.69) is 9.97 Å². The Kier molecular flexibility index (Phi) is 3.62. The van der Waals surface area contributed by atoms with Crippen LogP contribution in [-0.4, -0.2) is 21.0 Å². The Morgan fingerprint density at radius 1 is 1.22 bits per heavy atom. The van der Waals surface area contributed by atoms with E-state index in [0.29, 0.717) is 18.4 Å². The summed E-state index contributed by atoms with van der Waals surface area (Å²) in [4.78, 5) is 18.5. The van der Waals surface area contributed by atoms with Crippen molar-refractivity contribution in [3.63, 3.8) is 0 Å². The molecule has 0 aliphatic rings. The van der Waals surface area contributed by atoms with Crippen LogP contribution in [0.25, 0.3) is 0 Å². The number of rotatable bonds is 4. The molecule has 0 radical (unpaired) electrons. The van der Waals surface area contributed by atoms with E-state index in [-0.39, 0.29) is 11.5 Å². The molecule has 1 N–H and O–H groups in total. The molecule has 2 rings (SSSR count). The predicted molar refractivity (Wildman–Crippen MR) is 62.8 cm³/mol. The van der Waals surface area contributed by atoms with Crippen molar-refractivity contribution < 1.29 is 14.3 Å². The molecule has 1 aromatic carbocycles. The van der Waals surface area contributed by atoms with Gasteiger partial charge in [0, 0.05) is 11.8 Å². The maximum atomic E-state index is 12.7. The minimum absolute atomic E-state index is 0.0205. The van der Waals surface area contributed by atoms with Crippen LogP contribution in [0.1, 0.15) is 21.6 Å². The number of halogens is 1. The third kappa shape index (κ3) is 2.88. The standard InChI is InChI=1S/C13H11FN2O2/c14-11-5-2-9(3-6-11)1-4-10-7-15-8-16-12(10)13(17)18/h2-3,5-8H,1,4H2,(H,17,18). The Morgan fingerprint density at radius 2 is 1.94 bits per heavy atom. The van der Waals surface area contributed by atoms with Crippen molar-refractivity contribution in [3.8, 4) is 0 Å². The number of hydrogen-bond donors (Lipinski definition) is 1. The maximum absolute atomic E-state index is 12.7. The molecule has 0 fully saturated rings. The molecule has 0 saturated heterocycles. The average molecular weight is 246 g/mol. The van der Waals surface area contributed by atoms with E-state index in [4.69, 9.17) is 5.11 Å². The van der Waals surface area contributed by atoms with Crippen LogP contribution in [0.2, 0.25) is 0 Å². The molecule has 0 aliphatic heterocycles. The summed E-state index contributed by atoms with van der Waals surface area (Å²) in [6.45, 7) is 0. The monoisotopic (exact) mass is 246 g/mol. The molecule has 1 aromatic heterocycles. The number of aryl methyl sites for hydroxylation is 2. The van der Waals surface area contributed by atoms with Crippen LogP contribution in [0.4, 0.5) is 4.39 Å². The maximum Gasteiger partial charge on any atom is 0.354 e. The molecular formula is C13H11FN2O2. The molecule has 0 spiro atoms. The van der Waals surface area contributed by atoms with E-state index in [0.717, 1.165) is 5.56 Å². The molecule has 2 aromatic rings. The lowest BCUT2D eigenvalue weighted by Gasteiger charge is -2.04.